The maximum absolute atomic E-state index is 13.3. The first-order valence-electron chi connectivity index (χ1n) is 5.19. The molecule has 0 bridgehead atoms. The number of rotatable bonds is 4. The smallest absolute Gasteiger partial charge is 0.127 e. The first-order valence-corrected chi connectivity index (χ1v) is 5.19. The third-order valence-electron chi connectivity index (χ3n) is 2.13. The van der Waals surface area contributed by atoms with E-state index in [0.29, 0.717) is 18.7 Å². The first-order chi connectivity index (χ1) is 7.28. The molecule has 0 aromatic heterocycles. The molecule has 1 aromatic rings. The average Bonchev–Trinajstić information content (AvgIpc) is 2.08. The maximum atomic E-state index is 13.3. The van der Waals surface area contributed by atoms with E-state index in [2.05, 4.69) is 0 Å². The SMILES string of the molecule is CN(Cc1cc(F)ccc1F)CC(C)(C)N. The Morgan fingerprint density at radius 2 is 1.94 bits per heavy atom. The summed E-state index contributed by atoms with van der Waals surface area (Å²) in [4.78, 5) is 1.87. The molecule has 0 saturated carbocycles. The second-order valence-electron chi connectivity index (χ2n) is 4.90. The molecule has 4 heteroatoms. The van der Waals surface area contributed by atoms with Crippen molar-refractivity contribution >= 4 is 0 Å². The molecule has 0 spiro atoms. The summed E-state index contributed by atoms with van der Waals surface area (Å²) in [6.07, 6.45) is 0. The highest BCUT2D eigenvalue weighted by Gasteiger charge is 2.15. The van der Waals surface area contributed by atoms with Crippen LogP contribution in [0.2, 0.25) is 0 Å². The highest BCUT2D eigenvalue weighted by Crippen LogP contribution is 2.12. The lowest BCUT2D eigenvalue weighted by atomic mass is 10.1. The van der Waals surface area contributed by atoms with Crippen LogP contribution in [0.3, 0.4) is 0 Å². The Labute approximate surface area is 95.1 Å². The number of nitrogens with two attached hydrogens (primary N) is 1. The molecule has 0 aliphatic rings. The van der Waals surface area contributed by atoms with Crippen LogP contribution in [0.1, 0.15) is 19.4 Å². The first kappa shape index (κ1) is 13.1. The van der Waals surface area contributed by atoms with E-state index in [1.165, 1.54) is 6.07 Å². The Balaban J connectivity index is 2.69. The van der Waals surface area contributed by atoms with Crippen LogP contribution in [0.5, 0.6) is 0 Å². The van der Waals surface area contributed by atoms with Crippen molar-refractivity contribution in [3.8, 4) is 0 Å². The molecule has 1 aromatic carbocycles. The monoisotopic (exact) mass is 228 g/mol. The number of hydrogen-bond acceptors (Lipinski definition) is 2. The quantitative estimate of drug-likeness (QED) is 0.855. The zero-order valence-electron chi connectivity index (χ0n) is 9.93. The summed E-state index contributed by atoms with van der Waals surface area (Å²) < 4.78 is 26.3. The molecule has 1 rings (SSSR count). The molecule has 0 aliphatic heterocycles. The molecule has 2 nitrogen and oxygen atoms in total. The molecule has 2 N–H and O–H groups in total. The van der Waals surface area contributed by atoms with Gasteiger partial charge in [0.1, 0.15) is 11.6 Å². The molecule has 0 radical (unpaired) electrons. The van der Waals surface area contributed by atoms with Crippen molar-refractivity contribution in [2.24, 2.45) is 5.73 Å². The van der Waals surface area contributed by atoms with Gasteiger partial charge >= 0.3 is 0 Å². The molecule has 0 heterocycles. The minimum absolute atomic E-state index is 0.349. The van der Waals surface area contributed by atoms with Gasteiger partial charge in [0.05, 0.1) is 0 Å². The summed E-state index contributed by atoms with van der Waals surface area (Å²) in [5.74, 6) is -0.806. The van der Waals surface area contributed by atoms with Crippen LogP contribution >= 0.6 is 0 Å². The number of halogens is 2. The van der Waals surface area contributed by atoms with E-state index >= 15 is 0 Å². The molecular weight excluding hydrogens is 210 g/mol. The van der Waals surface area contributed by atoms with E-state index in [1.54, 1.807) is 0 Å². The molecule has 0 saturated heterocycles. The van der Waals surface area contributed by atoms with Gasteiger partial charge in [-0.1, -0.05) is 0 Å². The van der Waals surface area contributed by atoms with Gasteiger partial charge in [-0.05, 0) is 39.1 Å². The third-order valence-corrected chi connectivity index (χ3v) is 2.13. The summed E-state index contributed by atoms with van der Waals surface area (Å²) >= 11 is 0. The van der Waals surface area contributed by atoms with Crippen molar-refractivity contribution in [1.29, 1.82) is 0 Å². The maximum Gasteiger partial charge on any atom is 0.127 e. The van der Waals surface area contributed by atoms with Crippen molar-refractivity contribution in [2.45, 2.75) is 25.9 Å². The van der Waals surface area contributed by atoms with Crippen LogP contribution in [0.25, 0.3) is 0 Å². The van der Waals surface area contributed by atoms with E-state index in [1.807, 2.05) is 25.8 Å². The summed E-state index contributed by atoms with van der Waals surface area (Å²) in [7, 11) is 1.83. The Hall–Kier alpha value is -1.00. The fourth-order valence-electron chi connectivity index (χ4n) is 1.71. The predicted octanol–water partition coefficient (Wildman–Crippen LogP) is 2.13. The number of likely N-dealkylation sites (N-methyl/N-ethyl adjacent to an activating group) is 1. The fraction of sp³-hybridized carbons (Fsp3) is 0.500. The molecule has 0 aliphatic carbocycles. The van der Waals surface area contributed by atoms with Gasteiger partial charge < -0.3 is 10.6 Å². The van der Waals surface area contributed by atoms with Gasteiger partial charge in [0.25, 0.3) is 0 Å². The highest BCUT2D eigenvalue weighted by molar-refractivity contribution is 5.18. The molecule has 0 unspecified atom stereocenters. The highest BCUT2D eigenvalue weighted by atomic mass is 19.1. The lowest BCUT2D eigenvalue weighted by molar-refractivity contribution is 0.260. The average molecular weight is 228 g/mol. The number of nitrogens with zero attached hydrogens (tertiary/aromatic N) is 1. The van der Waals surface area contributed by atoms with Crippen molar-refractivity contribution in [3.63, 3.8) is 0 Å². The van der Waals surface area contributed by atoms with E-state index in [9.17, 15) is 8.78 Å². The third kappa shape index (κ3) is 4.24. The zero-order valence-corrected chi connectivity index (χ0v) is 9.93. The lowest BCUT2D eigenvalue weighted by Crippen LogP contribution is -2.43. The van der Waals surface area contributed by atoms with Gasteiger partial charge in [-0.25, -0.2) is 8.78 Å². The number of benzene rings is 1. The fourth-order valence-corrected chi connectivity index (χ4v) is 1.71. The molecule has 90 valence electrons. The van der Waals surface area contributed by atoms with Crippen molar-refractivity contribution in [2.75, 3.05) is 13.6 Å². The van der Waals surface area contributed by atoms with Crippen LogP contribution in [0, 0.1) is 11.6 Å². The molecule has 16 heavy (non-hydrogen) atoms. The predicted molar refractivity (Wildman–Crippen MR) is 61.0 cm³/mol. The van der Waals surface area contributed by atoms with E-state index in [4.69, 9.17) is 5.73 Å². The summed E-state index contributed by atoms with van der Waals surface area (Å²) in [6, 6.07) is 3.48. The zero-order chi connectivity index (χ0) is 12.3. The van der Waals surface area contributed by atoms with Crippen LogP contribution < -0.4 is 5.73 Å². The second-order valence-corrected chi connectivity index (χ2v) is 4.90. The summed E-state index contributed by atoms with van der Waals surface area (Å²) in [5, 5.41) is 0. The number of hydrogen-bond donors (Lipinski definition) is 1. The minimum atomic E-state index is -0.420. The lowest BCUT2D eigenvalue weighted by Gasteiger charge is -2.26. The Bertz CT molecular complexity index is 359. The van der Waals surface area contributed by atoms with E-state index in [0.717, 1.165) is 12.1 Å². The largest absolute Gasteiger partial charge is 0.324 e. The van der Waals surface area contributed by atoms with Crippen molar-refractivity contribution < 1.29 is 8.78 Å². The molecular formula is C12H18F2N2. The van der Waals surface area contributed by atoms with Gasteiger partial charge in [-0.3, -0.25) is 0 Å². The van der Waals surface area contributed by atoms with Crippen LogP contribution in [-0.4, -0.2) is 24.0 Å². The standard InChI is InChI=1S/C12H18F2N2/c1-12(2,15)8-16(3)7-9-6-10(13)4-5-11(9)14/h4-6H,7-8,15H2,1-3H3. The van der Waals surface area contributed by atoms with E-state index < -0.39 is 5.82 Å². The molecule has 0 fully saturated rings. The van der Waals surface area contributed by atoms with Gasteiger partial charge in [0.2, 0.25) is 0 Å². The van der Waals surface area contributed by atoms with E-state index in [-0.39, 0.29) is 11.4 Å². The molecule has 0 atom stereocenters. The Kier molecular flexibility index (Phi) is 3.99. The van der Waals surface area contributed by atoms with Crippen molar-refractivity contribution in [1.82, 2.24) is 4.90 Å². The Morgan fingerprint density at radius 1 is 1.31 bits per heavy atom. The van der Waals surface area contributed by atoms with Crippen LogP contribution in [-0.2, 0) is 6.54 Å². The van der Waals surface area contributed by atoms with Gasteiger partial charge in [-0.15, -0.1) is 0 Å². The van der Waals surface area contributed by atoms with Gasteiger partial charge in [-0.2, -0.15) is 0 Å². The van der Waals surface area contributed by atoms with Crippen LogP contribution in [0.15, 0.2) is 18.2 Å². The topological polar surface area (TPSA) is 29.3 Å². The van der Waals surface area contributed by atoms with Gasteiger partial charge in [0.15, 0.2) is 0 Å². The van der Waals surface area contributed by atoms with Crippen LogP contribution in [0.4, 0.5) is 8.78 Å². The van der Waals surface area contributed by atoms with Gasteiger partial charge in [0, 0.05) is 24.2 Å². The minimum Gasteiger partial charge on any atom is -0.324 e. The Morgan fingerprint density at radius 3 is 2.50 bits per heavy atom. The summed E-state index contributed by atoms with van der Waals surface area (Å²) in [5.41, 5.74) is 5.85. The van der Waals surface area contributed by atoms with Crippen molar-refractivity contribution in [3.05, 3.63) is 35.4 Å². The summed E-state index contributed by atoms with van der Waals surface area (Å²) in [6.45, 7) is 4.75. The molecule has 0 amide bonds. The second kappa shape index (κ2) is 4.89. The normalized spacial score (nSPS) is 12.2.